The highest BCUT2D eigenvalue weighted by molar-refractivity contribution is 5.87. The van der Waals surface area contributed by atoms with Crippen LogP contribution in [0.5, 0.6) is 0 Å². The molecule has 114 valence electrons. The Morgan fingerprint density at radius 2 is 2.18 bits per heavy atom. The lowest BCUT2D eigenvalue weighted by Crippen LogP contribution is -2.39. The summed E-state index contributed by atoms with van der Waals surface area (Å²) < 4.78 is 2.53. The van der Waals surface area contributed by atoms with Gasteiger partial charge in [0.2, 0.25) is 0 Å². The number of nitrogens with zero attached hydrogens (tertiary/aromatic N) is 3. The van der Waals surface area contributed by atoms with Crippen LogP contribution in [0.2, 0.25) is 0 Å². The molecule has 2 aliphatic rings. The van der Waals surface area contributed by atoms with Gasteiger partial charge in [-0.3, -0.25) is 4.90 Å². The van der Waals surface area contributed by atoms with E-state index < -0.39 is 0 Å². The average Bonchev–Trinajstić information content (AvgIpc) is 2.85. The van der Waals surface area contributed by atoms with Crippen LogP contribution in [0.15, 0.2) is 18.2 Å². The number of fused-ring (bicyclic) bond motifs is 3. The van der Waals surface area contributed by atoms with E-state index in [0.717, 1.165) is 13.1 Å². The summed E-state index contributed by atoms with van der Waals surface area (Å²) in [5.74, 6) is 0.572. The van der Waals surface area contributed by atoms with E-state index in [1.807, 2.05) is 0 Å². The fourth-order valence-electron chi connectivity index (χ4n) is 4.33. The van der Waals surface area contributed by atoms with Crippen molar-refractivity contribution in [3.63, 3.8) is 0 Å². The Morgan fingerprint density at radius 1 is 1.32 bits per heavy atom. The van der Waals surface area contributed by atoms with Crippen molar-refractivity contribution < 1.29 is 0 Å². The third-order valence-electron chi connectivity index (χ3n) is 5.45. The maximum Gasteiger partial charge on any atom is 0.0872 e. The summed E-state index contributed by atoms with van der Waals surface area (Å²) in [4.78, 5) is 2.38. The van der Waals surface area contributed by atoms with Gasteiger partial charge < -0.3 is 4.57 Å². The molecule has 0 N–H and O–H groups in total. The first-order valence-electron chi connectivity index (χ1n) is 8.46. The predicted octanol–water partition coefficient (Wildman–Crippen LogP) is 3.98. The van der Waals surface area contributed by atoms with Gasteiger partial charge in [0.25, 0.3) is 0 Å². The lowest BCUT2D eigenvalue weighted by atomic mass is 9.89. The van der Waals surface area contributed by atoms with Gasteiger partial charge in [0, 0.05) is 29.7 Å². The van der Waals surface area contributed by atoms with Crippen LogP contribution in [0.25, 0.3) is 10.9 Å². The average molecular weight is 293 g/mol. The molecule has 0 spiro atoms. The normalized spacial score (nSPS) is 21.1. The number of hydrogen-bond donors (Lipinski definition) is 0. The predicted molar refractivity (Wildman–Crippen MR) is 88.9 cm³/mol. The van der Waals surface area contributed by atoms with E-state index in [2.05, 4.69) is 47.6 Å². The van der Waals surface area contributed by atoms with Crippen LogP contribution in [0, 0.1) is 11.3 Å². The van der Waals surface area contributed by atoms with Crippen molar-refractivity contribution >= 4 is 10.9 Å². The summed E-state index contributed by atoms with van der Waals surface area (Å²) >= 11 is 0. The van der Waals surface area contributed by atoms with Crippen molar-refractivity contribution in [1.29, 1.82) is 5.26 Å². The molecule has 0 saturated heterocycles. The number of benzene rings is 1. The van der Waals surface area contributed by atoms with Crippen molar-refractivity contribution in [2.45, 2.75) is 51.6 Å². The molecule has 1 aliphatic heterocycles. The highest BCUT2D eigenvalue weighted by Gasteiger charge is 2.34. The minimum Gasteiger partial charge on any atom is -0.342 e. The third-order valence-corrected chi connectivity index (χ3v) is 5.45. The molecule has 22 heavy (non-hydrogen) atoms. The Hall–Kier alpha value is -1.79. The molecule has 0 saturated carbocycles. The lowest BCUT2D eigenvalue weighted by molar-refractivity contribution is 0.160. The van der Waals surface area contributed by atoms with Gasteiger partial charge in [0.05, 0.1) is 18.7 Å². The van der Waals surface area contributed by atoms with Crippen molar-refractivity contribution in [3.8, 4) is 6.07 Å². The minimum absolute atomic E-state index is 0.451. The Balaban J connectivity index is 1.92. The molecule has 1 aliphatic carbocycles. The van der Waals surface area contributed by atoms with Crippen LogP contribution >= 0.6 is 0 Å². The first-order chi connectivity index (χ1) is 10.7. The second-order valence-corrected chi connectivity index (χ2v) is 6.98. The number of hydrogen-bond acceptors (Lipinski definition) is 2. The van der Waals surface area contributed by atoms with E-state index in [-0.39, 0.29) is 0 Å². The molecule has 0 radical (unpaired) electrons. The summed E-state index contributed by atoms with van der Waals surface area (Å²) in [7, 11) is 0. The van der Waals surface area contributed by atoms with Gasteiger partial charge >= 0.3 is 0 Å². The largest absolute Gasteiger partial charge is 0.342 e. The molecule has 3 heteroatoms. The molecule has 1 atom stereocenters. The van der Waals surface area contributed by atoms with Crippen LogP contribution in [0.4, 0.5) is 0 Å². The Morgan fingerprint density at radius 3 is 2.95 bits per heavy atom. The fourth-order valence-corrected chi connectivity index (χ4v) is 4.33. The first-order valence-corrected chi connectivity index (χ1v) is 8.46. The zero-order chi connectivity index (χ0) is 15.3. The zero-order valence-electron chi connectivity index (χ0n) is 13.5. The molecule has 0 amide bonds. The molecule has 2 aromatic rings. The topological polar surface area (TPSA) is 32.0 Å². The summed E-state index contributed by atoms with van der Waals surface area (Å²) in [5.41, 5.74) is 5.89. The van der Waals surface area contributed by atoms with Crippen molar-refractivity contribution in [3.05, 3.63) is 35.0 Å². The second kappa shape index (κ2) is 5.14. The number of rotatable bonds is 2. The first kappa shape index (κ1) is 13.8. The summed E-state index contributed by atoms with van der Waals surface area (Å²) in [6.07, 6.45) is 3.63. The van der Waals surface area contributed by atoms with Crippen molar-refractivity contribution in [2.24, 2.45) is 0 Å². The van der Waals surface area contributed by atoms with Gasteiger partial charge in [-0.05, 0) is 48.4 Å². The molecule has 2 heterocycles. The SMILES string of the molecule is CC(C)c1ccc2c(c1)c1c3n2CCN(CC#N)[C@@H]3CCC1. The highest BCUT2D eigenvalue weighted by Crippen LogP contribution is 2.42. The molecule has 1 aromatic heterocycles. The van der Waals surface area contributed by atoms with Gasteiger partial charge in [0.1, 0.15) is 0 Å². The van der Waals surface area contributed by atoms with E-state index in [1.165, 1.54) is 41.4 Å². The molecule has 0 fully saturated rings. The van der Waals surface area contributed by atoms with Crippen LogP contribution in [-0.4, -0.2) is 22.6 Å². The van der Waals surface area contributed by atoms with Crippen LogP contribution in [0.3, 0.4) is 0 Å². The molecular weight excluding hydrogens is 270 g/mol. The van der Waals surface area contributed by atoms with Gasteiger partial charge in [-0.2, -0.15) is 5.26 Å². The zero-order valence-corrected chi connectivity index (χ0v) is 13.5. The highest BCUT2D eigenvalue weighted by atomic mass is 15.2. The number of aromatic nitrogens is 1. The minimum atomic E-state index is 0.451. The smallest absolute Gasteiger partial charge is 0.0872 e. The van der Waals surface area contributed by atoms with Gasteiger partial charge in [-0.15, -0.1) is 0 Å². The van der Waals surface area contributed by atoms with Crippen LogP contribution < -0.4 is 0 Å². The van der Waals surface area contributed by atoms with Crippen LogP contribution in [0.1, 0.15) is 55.5 Å². The second-order valence-electron chi connectivity index (χ2n) is 6.98. The quantitative estimate of drug-likeness (QED) is 0.784. The van der Waals surface area contributed by atoms with Gasteiger partial charge in [-0.25, -0.2) is 0 Å². The van der Waals surface area contributed by atoms with E-state index >= 15 is 0 Å². The molecule has 3 nitrogen and oxygen atoms in total. The molecular formula is C19H23N3. The fraction of sp³-hybridized carbons (Fsp3) is 0.526. The van der Waals surface area contributed by atoms with Crippen molar-refractivity contribution in [1.82, 2.24) is 9.47 Å². The Kier molecular flexibility index (Phi) is 3.23. The monoisotopic (exact) mass is 293 g/mol. The summed E-state index contributed by atoms with van der Waals surface area (Å²) in [6, 6.07) is 9.83. The Labute approximate surface area is 132 Å². The lowest BCUT2D eigenvalue weighted by Gasteiger charge is -2.38. The van der Waals surface area contributed by atoms with E-state index in [0.29, 0.717) is 18.5 Å². The molecule has 0 unspecified atom stereocenters. The summed E-state index contributed by atoms with van der Waals surface area (Å²) in [5, 5.41) is 10.6. The molecule has 1 aromatic carbocycles. The maximum absolute atomic E-state index is 9.11. The van der Waals surface area contributed by atoms with Crippen molar-refractivity contribution in [2.75, 3.05) is 13.1 Å². The Bertz CT molecular complexity index is 763. The summed E-state index contributed by atoms with van der Waals surface area (Å²) in [6.45, 7) is 7.11. The van der Waals surface area contributed by atoms with E-state index in [9.17, 15) is 0 Å². The molecule has 4 rings (SSSR count). The van der Waals surface area contributed by atoms with Crippen LogP contribution in [-0.2, 0) is 13.0 Å². The van der Waals surface area contributed by atoms with Gasteiger partial charge in [-0.1, -0.05) is 19.9 Å². The van der Waals surface area contributed by atoms with E-state index in [1.54, 1.807) is 5.56 Å². The van der Waals surface area contributed by atoms with Gasteiger partial charge in [0.15, 0.2) is 0 Å². The molecule has 0 bridgehead atoms. The number of nitriles is 1. The third kappa shape index (κ3) is 1.90. The standard InChI is InChI=1S/C19H23N3/c1-13(2)14-6-7-17-16(12-14)15-4-3-5-18-19(15)22(17)11-10-21(18)9-8-20/h6-7,12-13,18H,3-5,9-11H2,1-2H3/t18-/m1/s1. The number of aryl methyl sites for hydroxylation is 1. The van der Waals surface area contributed by atoms with E-state index in [4.69, 9.17) is 5.26 Å². The maximum atomic E-state index is 9.11.